The summed E-state index contributed by atoms with van der Waals surface area (Å²) in [6.45, 7) is 6.54. The zero-order valence-corrected chi connectivity index (χ0v) is 17.6. The standard InChI is InChI=1S/C18H29N5O5S/c1-29(26,27)23-12-10-22(11-13-23)17(24)15-21-8-6-20(7-9-21)5-4-19-18(25)16-3-2-14-28-16/h2-3,14H,4-13,15H2,1H3,(H,19,25). The summed E-state index contributed by atoms with van der Waals surface area (Å²) in [4.78, 5) is 30.5. The van der Waals surface area contributed by atoms with Crippen LogP contribution in [0.25, 0.3) is 0 Å². The third-order valence-electron chi connectivity index (χ3n) is 5.34. The lowest BCUT2D eigenvalue weighted by atomic mass is 10.3. The van der Waals surface area contributed by atoms with Crippen LogP contribution in [0.1, 0.15) is 10.6 Å². The fourth-order valence-electron chi connectivity index (χ4n) is 3.55. The SMILES string of the molecule is CS(=O)(=O)N1CCN(C(=O)CN2CCN(CCNC(=O)c3ccco3)CC2)CC1. The molecule has 2 fully saturated rings. The van der Waals surface area contributed by atoms with Gasteiger partial charge in [0.25, 0.3) is 5.91 Å². The van der Waals surface area contributed by atoms with Crippen molar-refractivity contribution in [1.29, 1.82) is 0 Å². The van der Waals surface area contributed by atoms with Crippen LogP contribution in [0.2, 0.25) is 0 Å². The second kappa shape index (κ2) is 9.70. The molecule has 2 aliphatic heterocycles. The molecule has 1 N–H and O–H groups in total. The minimum Gasteiger partial charge on any atom is -0.459 e. The van der Waals surface area contributed by atoms with E-state index in [1.165, 1.54) is 16.8 Å². The van der Waals surface area contributed by atoms with Crippen molar-refractivity contribution in [2.24, 2.45) is 0 Å². The lowest BCUT2D eigenvalue weighted by Crippen LogP contribution is -2.54. The Morgan fingerprint density at radius 2 is 1.69 bits per heavy atom. The average Bonchev–Trinajstić information content (AvgIpc) is 3.24. The molecule has 0 aromatic carbocycles. The predicted molar refractivity (Wildman–Crippen MR) is 107 cm³/mol. The van der Waals surface area contributed by atoms with E-state index in [9.17, 15) is 18.0 Å². The average molecular weight is 428 g/mol. The van der Waals surface area contributed by atoms with Crippen LogP contribution >= 0.6 is 0 Å². The molecule has 10 nitrogen and oxygen atoms in total. The molecule has 0 aliphatic carbocycles. The van der Waals surface area contributed by atoms with Gasteiger partial charge in [0.2, 0.25) is 15.9 Å². The molecule has 0 saturated carbocycles. The highest BCUT2D eigenvalue weighted by Crippen LogP contribution is 2.08. The zero-order valence-electron chi connectivity index (χ0n) is 16.7. The van der Waals surface area contributed by atoms with Crippen molar-refractivity contribution in [3.63, 3.8) is 0 Å². The van der Waals surface area contributed by atoms with E-state index in [0.717, 1.165) is 32.7 Å². The normalized spacial score (nSPS) is 20.0. The summed E-state index contributed by atoms with van der Waals surface area (Å²) >= 11 is 0. The maximum atomic E-state index is 12.5. The number of nitrogens with zero attached hydrogens (tertiary/aromatic N) is 4. The van der Waals surface area contributed by atoms with E-state index >= 15 is 0 Å². The first-order valence-electron chi connectivity index (χ1n) is 9.82. The maximum absolute atomic E-state index is 12.5. The Morgan fingerprint density at radius 3 is 2.28 bits per heavy atom. The zero-order chi connectivity index (χ0) is 20.9. The summed E-state index contributed by atoms with van der Waals surface area (Å²) < 4.78 is 29.6. The van der Waals surface area contributed by atoms with Crippen molar-refractivity contribution in [3.8, 4) is 0 Å². The fourth-order valence-corrected chi connectivity index (χ4v) is 4.38. The van der Waals surface area contributed by atoms with Gasteiger partial charge in [-0.25, -0.2) is 8.42 Å². The molecule has 1 aromatic heterocycles. The first-order valence-corrected chi connectivity index (χ1v) is 11.7. The molecule has 0 unspecified atom stereocenters. The van der Waals surface area contributed by atoms with Crippen molar-refractivity contribution in [2.45, 2.75) is 0 Å². The van der Waals surface area contributed by atoms with Crippen LogP contribution in [0.5, 0.6) is 0 Å². The second-order valence-corrected chi connectivity index (χ2v) is 9.38. The van der Waals surface area contributed by atoms with Gasteiger partial charge in [-0.05, 0) is 12.1 Å². The summed E-state index contributed by atoms with van der Waals surface area (Å²) in [5.74, 6) is 0.151. The van der Waals surface area contributed by atoms with Crippen molar-refractivity contribution in [2.75, 3.05) is 78.2 Å². The Balaban J connectivity index is 1.31. The molecule has 3 rings (SSSR count). The molecule has 0 bridgehead atoms. The van der Waals surface area contributed by atoms with E-state index < -0.39 is 10.0 Å². The van der Waals surface area contributed by atoms with Crippen LogP contribution < -0.4 is 5.32 Å². The Morgan fingerprint density at radius 1 is 1.03 bits per heavy atom. The van der Waals surface area contributed by atoms with Gasteiger partial charge >= 0.3 is 0 Å². The maximum Gasteiger partial charge on any atom is 0.287 e. The summed E-state index contributed by atoms with van der Waals surface area (Å²) in [6, 6.07) is 3.31. The fraction of sp³-hybridized carbons (Fsp3) is 0.667. The molecule has 2 amide bonds. The number of nitrogens with one attached hydrogen (secondary N) is 1. The lowest BCUT2D eigenvalue weighted by Gasteiger charge is -2.37. The third kappa shape index (κ3) is 6.26. The van der Waals surface area contributed by atoms with E-state index in [-0.39, 0.29) is 11.8 Å². The van der Waals surface area contributed by atoms with E-state index in [2.05, 4.69) is 15.1 Å². The third-order valence-corrected chi connectivity index (χ3v) is 6.65. The van der Waals surface area contributed by atoms with Crippen molar-refractivity contribution in [1.82, 2.24) is 24.3 Å². The van der Waals surface area contributed by atoms with Gasteiger partial charge < -0.3 is 14.6 Å². The number of hydrogen-bond acceptors (Lipinski definition) is 7. The molecular formula is C18H29N5O5S. The minimum atomic E-state index is -3.19. The van der Waals surface area contributed by atoms with Crippen LogP contribution in [0.3, 0.4) is 0 Å². The van der Waals surface area contributed by atoms with Crippen LogP contribution in [-0.4, -0.2) is 117 Å². The van der Waals surface area contributed by atoms with Crippen LogP contribution in [0, 0.1) is 0 Å². The number of furan rings is 1. The van der Waals surface area contributed by atoms with Gasteiger partial charge in [-0.2, -0.15) is 4.31 Å². The molecule has 3 heterocycles. The highest BCUT2D eigenvalue weighted by Gasteiger charge is 2.27. The molecule has 0 atom stereocenters. The lowest BCUT2D eigenvalue weighted by molar-refractivity contribution is -0.134. The Hall–Kier alpha value is -1.95. The molecule has 29 heavy (non-hydrogen) atoms. The smallest absolute Gasteiger partial charge is 0.287 e. The first-order chi connectivity index (χ1) is 13.8. The van der Waals surface area contributed by atoms with Gasteiger partial charge in [-0.15, -0.1) is 0 Å². The van der Waals surface area contributed by atoms with E-state index in [0.29, 0.717) is 45.0 Å². The predicted octanol–water partition coefficient (Wildman–Crippen LogP) is -1.27. The number of rotatable bonds is 7. The van der Waals surface area contributed by atoms with Crippen LogP contribution in [-0.2, 0) is 14.8 Å². The number of carbonyl (C=O) groups excluding carboxylic acids is 2. The topological polar surface area (TPSA) is 106 Å². The van der Waals surface area contributed by atoms with Crippen molar-refractivity contribution < 1.29 is 22.4 Å². The summed E-state index contributed by atoms with van der Waals surface area (Å²) in [6.07, 6.45) is 2.67. The van der Waals surface area contributed by atoms with Gasteiger partial charge in [0.1, 0.15) is 0 Å². The van der Waals surface area contributed by atoms with Crippen LogP contribution in [0.4, 0.5) is 0 Å². The highest BCUT2D eigenvalue weighted by molar-refractivity contribution is 7.88. The van der Waals surface area contributed by atoms with Gasteiger partial charge in [0.15, 0.2) is 5.76 Å². The van der Waals surface area contributed by atoms with Gasteiger partial charge in [0, 0.05) is 65.4 Å². The first kappa shape index (κ1) is 21.8. The van der Waals surface area contributed by atoms with Crippen molar-refractivity contribution in [3.05, 3.63) is 24.2 Å². The summed E-state index contributed by atoms with van der Waals surface area (Å²) in [5, 5.41) is 2.84. The molecule has 0 radical (unpaired) electrons. The molecule has 11 heteroatoms. The number of piperazine rings is 2. The monoisotopic (exact) mass is 427 g/mol. The van der Waals surface area contributed by atoms with Gasteiger partial charge in [0.05, 0.1) is 19.1 Å². The van der Waals surface area contributed by atoms with E-state index in [1.807, 2.05) is 0 Å². The Bertz CT molecular complexity index is 782. The van der Waals surface area contributed by atoms with Crippen LogP contribution in [0.15, 0.2) is 22.8 Å². The van der Waals surface area contributed by atoms with Crippen molar-refractivity contribution >= 4 is 21.8 Å². The molecule has 1 aromatic rings. The summed E-state index contributed by atoms with van der Waals surface area (Å²) in [7, 11) is -3.19. The molecule has 162 valence electrons. The van der Waals surface area contributed by atoms with Gasteiger partial charge in [-0.1, -0.05) is 0 Å². The summed E-state index contributed by atoms with van der Waals surface area (Å²) in [5.41, 5.74) is 0. The molecule has 2 saturated heterocycles. The highest BCUT2D eigenvalue weighted by atomic mass is 32.2. The van der Waals surface area contributed by atoms with Gasteiger partial charge in [-0.3, -0.25) is 19.4 Å². The quantitative estimate of drug-likeness (QED) is 0.578. The largest absolute Gasteiger partial charge is 0.459 e. The Labute approximate surface area is 171 Å². The number of amides is 2. The van der Waals surface area contributed by atoms with E-state index in [4.69, 9.17) is 4.42 Å². The minimum absolute atomic E-state index is 0.0531. The molecule has 0 spiro atoms. The number of carbonyl (C=O) groups is 2. The number of hydrogen-bond donors (Lipinski definition) is 1. The molecule has 2 aliphatic rings. The Kier molecular flexibility index (Phi) is 7.28. The molecular weight excluding hydrogens is 398 g/mol. The number of sulfonamides is 1. The second-order valence-electron chi connectivity index (χ2n) is 7.39. The van der Waals surface area contributed by atoms with E-state index in [1.54, 1.807) is 17.0 Å².